The number of carbonyl (C=O) groups is 3. The van der Waals surface area contributed by atoms with E-state index in [2.05, 4.69) is 33.9 Å². The first-order valence-electron chi connectivity index (χ1n) is 18.3. The van der Waals surface area contributed by atoms with Crippen LogP contribution in [0.1, 0.15) is 90.2 Å². The molecule has 2 aromatic carbocycles. The highest BCUT2D eigenvalue weighted by molar-refractivity contribution is 6.74. The van der Waals surface area contributed by atoms with E-state index in [0.29, 0.717) is 23.5 Å². The van der Waals surface area contributed by atoms with Gasteiger partial charge in [-0.15, -0.1) is 0 Å². The number of hydrogen-bond donors (Lipinski definition) is 0. The maximum Gasteiger partial charge on any atom is 0.509 e. The molecule has 0 aliphatic carbocycles. The van der Waals surface area contributed by atoms with E-state index < -0.39 is 56.6 Å². The Morgan fingerprint density at radius 3 is 2.25 bits per heavy atom. The van der Waals surface area contributed by atoms with Gasteiger partial charge in [-0.2, -0.15) is 0 Å². The van der Waals surface area contributed by atoms with Crippen LogP contribution in [0.4, 0.5) is 15.3 Å². The van der Waals surface area contributed by atoms with Gasteiger partial charge in [0.25, 0.3) is 8.32 Å². The van der Waals surface area contributed by atoms with Crippen LogP contribution in [0.2, 0.25) is 18.1 Å². The predicted molar refractivity (Wildman–Crippen MR) is 207 cm³/mol. The van der Waals surface area contributed by atoms with Crippen molar-refractivity contribution >= 4 is 38.3 Å². The molecule has 1 amide bonds. The van der Waals surface area contributed by atoms with Gasteiger partial charge >= 0.3 is 18.2 Å². The number of benzene rings is 2. The first-order chi connectivity index (χ1) is 24.7. The summed E-state index contributed by atoms with van der Waals surface area (Å²) in [5.74, 6) is 0.240. The van der Waals surface area contributed by atoms with Gasteiger partial charge in [-0.1, -0.05) is 64.1 Å². The number of esters is 1. The number of nitrogens with zero attached hydrogens (tertiary/aromatic N) is 1. The number of rotatable bonds is 8. The van der Waals surface area contributed by atoms with Gasteiger partial charge in [-0.3, -0.25) is 4.90 Å². The van der Waals surface area contributed by atoms with Gasteiger partial charge in [0.05, 0.1) is 19.4 Å². The van der Waals surface area contributed by atoms with Gasteiger partial charge in [0.1, 0.15) is 41.0 Å². The molecule has 2 aliphatic heterocycles. The van der Waals surface area contributed by atoms with Crippen molar-refractivity contribution in [3.05, 3.63) is 71.3 Å². The monoisotopic (exact) mass is 751 g/mol. The van der Waals surface area contributed by atoms with Crippen molar-refractivity contribution in [2.24, 2.45) is 5.92 Å². The van der Waals surface area contributed by atoms with Crippen LogP contribution in [0.25, 0.3) is 6.08 Å². The molecule has 4 rings (SSSR count). The number of hydrogen-bond acceptors (Lipinski definition) is 10. The molecule has 290 valence electrons. The van der Waals surface area contributed by atoms with Crippen molar-refractivity contribution in [2.45, 2.75) is 123 Å². The van der Waals surface area contributed by atoms with Crippen LogP contribution < -0.4 is 14.1 Å². The molecule has 0 unspecified atom stereocenters. The first-order valence-corrected chi connectivity index (χ1v) is 21.2. The summed E-state index contributed by atoms with van der Waals surface area (Å²) in [7, 11) is -0.917. The molecule has 0 N–H and O–H groups in total. The van der Waals surface area contributed by atoms with Crippen LogP contribution in [0.3, 0.4) is 0 Å². The molecule has 1 saturated heterocycles. The minimum absolute atomic E-state index is 0.202. The van der Waals surface area contributed by atoms with Crippen LogP contribution >= 0.6 is 0 Å². The van der Waals surface area contributed by atoms with E-state index in [4.69, 9.17) is 32.8 Å². The molecule has 0 radical (unpaired) electrons. The average Bonchev–Trinajstić information content (AvgIpc) is 3.42. The number of cyclic esters (lactones) is 1. The standard InChI is InChI=1S/C41H57NO10Si/c1-13-42(38(44)51-40(4,5)6)30-23-29-15-14-16-33-36(50-39(45)49-33)32(47-25-28-18-20-31(46-10)21-19-28)22-17-26(2)27(3)48-37(43)35(29)34(24-30)52-53(11,12)41(7,8)9/h14-15,17-24,26-27,32-33,36H,13,16,25H2,1-12H3/b15-14+,22-17-/t26-,27+,32-,33+,36-/m1/s1. The third-order valence-corrected chi connectivity index (χ3v) is 14.2. The Labute approximate surface area is 315 Å². The van der Waals surface area contributed by atoms with Crippen molar-refractivity contribution < 1.29 is 47.2 Å². The molecule has 53 heavy (non-hydrogen) atoms. The fourth-order valence-electron chi connectivity index (χ4n) is 5.52. The van der Waals surface area contributed by atoms with Crippen molar-refractivity contribution in [1.29, 1.82) is 0 Å². The van der Waals surface area contributed by atoms with Crippen molar-refractivity contribution in [3.63, 3.8) is 0 Å². The molecule has 11 nitrogen and oxygen atoms in total. The SMILES string of the molecule is CCN(C(=O)OC(C)(C)C)c1cc2c(c(O[Si](C)(C)C(C)(C)C)c1)C(=O)O[C@@H](C)[C@H](C)/C=C\[C@@H](OCc1ccc(OC)cc1)[C@H]1OC(=O)O[C@H]1C/C=C/2. The van der Waals surface area contributed by atoms with Gasteiger partial charge in [0.15, 0.2) is 6.10 Å². The molecular formula is C41H57NO10Si. The zero-order valence-corrected chi connectivity index (χ0v) is 34.3. The second-order valence-corrected chi connectivity index (χ2v) is 20.8. The Bertz CT molecular complexity index is 1670. The maximum atomic E-state index is 14.3. The minimum Gasteiger partial charge on any atom is -0.543 e. The molecule has 0 aromatic heterocycles. The van der Waals surface area contributed by atoms with E-state index in [1.54, 1.807) is 25.3 Å². The number of amides is 1. The number of anilines is 1. The smallest absolute Gasteiger partial charge is 0.509 e. The van der Waals surface area contributed by atoms with Crippen LogP contribution in [-0.2, 0) is 30.3 Å². The Balaban J connectivity index is 1.82. The van der Waals surface area contributed by atoms with E-state index in [9.17, 15) is 14.4 Å². The Kier molecular flexibility index (Phi) is 13.1. The first kappa shape index (κ1) is 41.5. The second-order valence-electron chi connectivity index (χ2n) is 16.1. The highest BCUT2D eigenvalue weighted by Gasteiger charge is 2.42. The van der Waals surface area contributed by atoms with Crippen molar-refractivity contribution in [3.8, 4) is 11.5 Å². The fourth-order valence-corrected chi connectivity index (χ4v) is 6.53. The van der Waals surface area contributed by atoms with Crippen molar-refractivity contribution in [1.82, 2.24) is 0 Å². The Morgan fingerprint density at radius 2 is 1.64 bits per heavy atom. The highest BCUT2D eigenvalue weighted by Crippen LogP contribution is 2.41. The molecule has 2 aromatic rings. The quantitative estimate of drug-likeness (QED) is 0.112. The van der Waals surface area contributed by atoms with Crippen LogP contribution in [0, 0.1) is 5.92 Å². The van der Waals surface area contributed by atoms with E-state index in [0.717, 1.165) is 11.3 Å². The van der Waals surface area contributed by atoms with Gasteiger partial charge in [0, 0.05) is 24.9 Å². The number of ether oxygens (including phenoxy) is 6. The topological polar surface area (TPSA) is 119 Å². The summed E-state index contributed by atoms with van der Waals surface area (Å²) in [5.41, 5.74) is 1.40. The molecule has 1 fully saturated rings. The Hall–Kier alpha value is -4.29. The third-order valence-electron chi connectivity index (χ3n) is 9.81. The van der Waals surface area contributed by atoms with E-state index >= 15 is 0 Å². The zero-order chi connectivity index (χ0) is 39.3. The summed E-state index contributed by atoms with van der Waals surface area (Å²) in [6, 6.07) is 11.0. The number of methoxy groups -OCH3 is 1. The lowest BCUT2D eigenvalue weighted by Gasteiger charge is -2.37. The molecule has 0 spiro atoms. The normalized spacial score (nSPS) is 23.6. The van der Waals surface area contributed by atoms with Gasteiger partial charge < -0.3 is 32.8 Å². The molecule has 5 atom stereocenters. The van der Waals surface area contributed by atoms with E-state index in [1.165, 1.54) is 4.90 Å². The summed E-state index contributed by atoms with van der Waals surface area (Å²) in [5, 5.41) is -0.202. The largest absolute Gasteiger partial charge is 0.543 e. The average molecular weight is 752 g/mol. The molecule has 2 aliphatic rings. The fraction of sp³-hybridized carbons (Fsp3) is 0.537. The Morgan fingerprint density at radius 1 is 0.962 bits per heavy atom. The molecule has 0 bridgehead atoms. The summed E-state index contributed by atoms with van der Waals surface area (Å²) >= 11 is 0. The number of carbonyl (C=O) groups excluding carboxylic acids is 3. The molecule has 0 saturated carbocycles. The zero-order valence-electron chi connectivity index (χ0n) is 33.3. The molecule has 12 heteroatoms. The van der Waals surface area contributed by atoms with Crippen LogP contribution in [0.15, 0.2) is 54.6 Å². The second kappa shape index (κ2) is 16.8. The lowest BCUT2D eigenvalue weighted by atomic mass is 9.98. The lowest BCUT2D eigenvalue weighted by molar-refractivity contribution is -0.0216. The highest BCUT2D eigenvalue weighted by atomic mass is 28.4. The maximum absolute atomic E-state index is 14.3. The summed E-state index contributed by atoms with van der Waals surface area (Å²) in [6.45, 7) is 22.1. The van der Waals surface area contributed by atoms with Gasteiger partial charge in [-0.25, -0.2) is 14.4 Å². The lowest BCUT2D eigenvalue weighted by Crippen LogP contribution is -2.44. The molecular weight excluding hydrogens is 695 g/mol. The van der Waals surface area contributed by atoms with Gasteiger partial charge in [-0.05, 0) is 82.1 Å². The van der Waals surface area contributed by atoms with Gasteiger partial charge in [0.2, 0.25) is 0 Å². The van der Waals surface area contributed by atoms with Crippen molar-refractivity contribution in [2.75, 3.05) is 18.6 Å². The predicted octanol–water partition coefficient (Wildman–Crippen LogP) is 9.48. The van der Waals surface area contributed by atoms with Crippen LogP contribution in [-0.4, -0.2) is 70.2 Å². The third kappa shape index (κ3) is 10.7. The van der Waals surface area contributed by atoms with E-state index in [-0.39, 0.29) is 29.5 Å². The summed E-state index contributed by atoms with van der Waals surface area (Å²) in [4.78, 5) is 41.8. The van der Waals surface area contributed by atoms with Crippen LogP contribution in [0.5, 0.6) is 11.5 Å². The van der Waals surface area contributed by atoms with E-state index in [1.807, 2.05) is 84.0 Å². The molecule has 2 heterocycles. The minimum atomic E-state index is -2.53. The summed E-state index contributed by atoms with van der Waals surface area (Å²) < 4.78 is 41.7. The number of fused-ring (bicyclic) bond motifs is 2. The summed E-state index contributed by atoms with van der Waals surface area (Å²) in [6.07, 6.45) is 3.61.